The fourth-order valence-corrected chi connectivity index (χ4v) is 2.59. The second kappa shape index (κ2) is 21.1. The lowest BCUT2D eigenvalue weighted by atomic mass is 10.1. The van der Waals surface area contributed by atoms with Crippen LogP contribution in [0, 0.1) is 0 Å². The molecule has 0 aliphatic rings. The molecule has 2 N–H and O–H groups in total. The molecule has 0 aromatic rings. The predicted molar refractivity (Wildman–Crippen MR) is 123 cm³/mol. The molecule has 176 valence electrons. The molecule has 0 rings (SSSR count). The first kappa shape index (κ1) is 28.8. The zero-order valence-corrected chi connectivity index (χ0v) is 19.1. The van der Waals surface area contributed by atoms with Crippen LogP contribution >= 0.6 is 0 Å². The minimum absolute atomic E-state index is 0.126. The Morgan fingerprint density at radius 1 is 0.968 bits per heavy atom. The van der Waals surface area contributed by atoms with Crippen LogP contribution < -0.4 is 0 Å². The second-order valence-corrected chi connectivity index (χ2v) is 7.28. The van der Waals surface area contributed by atoms with Crippen LogP contribution in [-0.2, 0) is 19.1 Å². The van der Waals surface area contributed by atoms with Crippen molar-refractivity contribution in [2.24, 2.45) is 0 Å². The SMILES string of the molecule is CCCCC[C@@H](O)/C=C/C=C\C/C=C\C/C=C\CCCC(=O)OC[C@H](CO)OC(C)=O. The van der Waals surface area contributed by atoms with Gasteiger partial charge in [-0.05, 0) is 32.1 Å². The Kier molecular flexibility index (Phi) is 19.6. The highest BCUT2D eigenvalue weighted by Crippen LogP contribution is 2.05. The number of aliphatic hydroxyl groups excluding tert-OH is 2. The van der Waals surface area contributed by atoms with Crippen molar-refractivity contribution < 1.29 is 29.3 Å². The van der Waals surface area contributed by atoms with Crippen molar-refractivity contribution in [1.82, 2.24) is 0 Å². The molecule has 0 aromatic heterocycles. The zero-order chi connectivity index (χ0) is 23.2. The number of hydrogen-bond acceptors (Lipinski definition) is 6. The molecule has 0 saturated carbocycles. The van der Waals surface area contributed by atoms with E-state index in [4.69, 9.17) is 14.6 Å². The molecule has 6 nitrogen and oxygen atoms in total. The van der Waals surface area contributed by atoms with E-state index in [1.807, 2.05) is 30.4 Å². The predicted octanol–water partition coefficient (Wildman–Crippen LogP) is 4.57. The smallest absolute Gasteiger partial charge is 0.305 e. The zero-order valence-electron chi connectivity index (χ0n) is 19.1. The lowest BCUT2D eigenvalue weighted by molar-refractivity contribution is -0.159. The number of allylic oxidation sites excluding steroid dienone is 7. The fraction of sp³-hybridized carbons (Fsp3) is 0.600. The molecule has 6 heteroatoms. The number of unbranched alkanes of at least 4 members (excludes halogenated alkanes) is 3. The lowest BCUT2D eigenvalue weighted by Gasteiger charge is -2.14. The Morgan fingerprint density at radius 2 is 1.68 bits per heavy atom. The van der Waals surface area contributed by atoms with Gasteiger partial charge in [-0.25, -0.2) is 0 Å². The highest BCUT2D eigenvalue weighted by Gasteiger charge is 2.13. The highest BCUT2D eigenvalue weighted by atomic mass is 16.6. The largest absolute Gasteiger partial charge is 0.462 e. The van der Waals surface area contributed by atoms with Gasteiger partial charge in [-0.1, -0.05) is 74.8 Å². The number of ether oxygens (including phenoxy) is 2. The molecule has 0 radical (unpaired) electrons. The van der Waals surface area contributed by atoms with Crippen LogP contribution in [0.4, 0.5) is 0 Å². The van der Waals surface area contributed by atoms with Crippen molar-refractivity contribution in [1.29, 1.82) is 0 Å². The Balaban J connectivity index is 3.72. The maximum atomic E-state index is 11.6. The van der Waals surface area contributed by atoms with E-state index in [2.05, 4.69) is 25.2 Å². The minimum atomic E-state index is -0.804. The molecule has 0 saturated heterocycles. The van der Waals surface area contributed by atoms with Gasteiger partial charge in [-0.15, -0.1) is 0 Å². The Hall–Kier alpha value is -2.18. The van der Waals surface area contributed by atoms with Gasteiger partial charge in [0.15, 0.2) is 6.10 Å². The Labute approximate surface area is 187 Å². The second-order valence-electron chi connectivity index (χ2n) is 7.28. The van der Waals surface area contributed by atoms with E-state index in [-0.39, 0.29) is 31.7 Å². The number of carbonyl (C=O) groups is 2. The van der Waals surface area contributed by atoms with Crippen molar-refractivity contribution in [2.45, 2.75) is 83.8 Å². The van der Waals surface area contributed by atoms with Crippen LogP contribution in [0.5, 0.6) is 0 Å². The molecule has 31 heavy (non-hydrogen) atoms. The standard InChI is InChI=1S/C25H40O6/c1-3-4-14-17-23(28)18-15-12-10-8-6-5-7-9-11-13-16-19-25(29)30-21-24(20-26)31-22(2)27/h5-6,9-12,15,18,23-24,26,28H,3-4,7-8,13-14,16-17,19-21H2,1-2H3/b6-5-,11-9-,12-10-,18-15+/t23-,24+/m1/s1. The molecule has 0 bridgehead atoms. The maximum Gasteiger partial charge on any atom is 0.305 e. The summed E-state index contributed by atoms with van der Waals surface area (Å²) < 4.78 is 9.79. The van der Waals surface area contributed by atoms with Crippen molar-refractivity contribution in [3.05, 3.63) is 48.6 Å². The Bertz CT molecular complexity index is 577. The van der Waals surface area contributed by atoms with Crippen molar-refractivity contribution in [2.75, 3.05) is 13.2 Å². The molecule has 0 aromatic carbocycles. The molecule has 2 atom stereocenters. The number of esters is 2. The molecule has 0 aliphatic heterocycles. The average molecular weight is 437 g/mol. The summed E-state index contributed by atoms with van der Waals surface area (Å²) in [7, 11) is 0. The van der Waals surface area contributed by atoms with Gasteiger partial charge in [0.2, 0.25) is 0 Å². The quantitative estimate of drug-likeness (QED) is 0.141. The van der Waals surface area contributed by atoms with Gasteiger partial charge in [-0.3, -0.25) is 9.59 Å². The van der Waals surface area contributed by atoms with Gasteiger partial charge in [0.05, 0.1) is 12.7 Å². The summed E-state index contributed by atoms with van der Waals surface area (Å²) in [5, 5.41) is 18.8. The summed E-state index contributed by atoms with van der Waals surface area (Å²) >= 11 is 0. The third kappa shape index (κ3) is 20.9. The monoisotopic (exact) mass is 436 g/mol. The van der Waals surface area contributed by atoms with Gasteiger partial charge >= 0.3 is 11.9 Å². The van der Waals surface area contributed by atoms with E-state index in [1.165, 1.54) is 13.3 Å². The van der Waals surface area contributed by atoms with Crippen LogP contribution in [0.15, 0.2) is 48.6 Å². The summed E-state index contributed by atoms with van der Waals surface area (Å²) in [6, 6.07) is 0. The van der Waals surface area contributed by atoms with E-state index >= 15 is 0 Å². The average Bonchev–Trinajstić information content (AvgIpc) is 2.74. The first-order valence-corrected chi connectivity index (χ1v) is 11.2. The first-order valence-electron chi connectivity index (χ1n) is 11.2. The van der Waals surface area contributed by atoms with E-state index < -0.39 is 12.1 Å². The summed E-state index contributed by atoms with van der Waals surface area (Å²) in [5.74, 6) is -0.886. The van der Waals surface area contributed by atoms with E-state index in [0.29, 0.717) is 6.42 Å². The summed E-state index contributed by atoms with van der Waals surface area (Å²) in [6.45, 7) is 2.89. The van der Waals surface area contributed by atoms with Crippen molar-refractivity contribution >= 4 is 11.9 Å². The maximum absolute atomic E-state index is 11.6. The Morgan fingerprint density at radius 3 is 2.35 bits per heavy atom. The fourth-order valence-electron chi connectivity index (χ4n) is 2.59. The molecular weight excluding hydrogens is 396 g/mol. The molecule has 0 amide bonds. The summed E-state index contributed by atoms with van der Waals surface area (Å²) in [4.78, 5) is 22.4. The van der Waals surface area contributed by atoms with Crippen LogP contribution in [-0.4, -0.2) is 47.6 Å². The molecular formula is C25H40O6. The third-order valence-corrected chi connectivity index (χ3v) is 4.28. The molecule has 0 spiro atoms. The number of hydrogen-bond donors (Lipinski definition) is 2. The molecule has 0 unspecified atom stereocenters. The molecule has 0 aliphatic carbocycles. The van der Waals surface area contributed by atoms with E-state index in [9.17, 15) is 14.7 Å². The number of carbonyl (C=O) groups excluding carboxylic acids is 2. The van der Waals surface area contributed by atoms with E-state index in [0.717, 1.165) is 38.5 Å². The first-order chi connectivity index (χ1) is 15.0. The molecule has 0 fully saturated rings. The van der Waals surface area contributed by atoms with Gasteiger partial charge in [-0.2, -0.15) is 0 Å². The summed E-state index contributed by atoms with van der Waals surface area (Å²) in [6.07, 6.45) is 22.5. The minimum Gasteiger partial charge on any atom is -0.462 e. The van der Waals surface area contributed by atoms with Crippen molar-refractivity contribution in [3.63, 3.8) is 0 Å². The summed E-state index contributed by atoms with van der Waals surface area (Å²) in [5.41, 5.74) is 0. The van der Waals surface area contributed by atoms with Crippen LogP contribution in [0.2, 0.25) is 0 Å². The van der Waals surface area contributed by atoms with Crippen LogP contribution in [0.1, 0.15) is 71.6 Å². The van der Waals surface area contributed by atoms with Crippen molar-refractivity contribution in [3.8, 4) is 0 Å². The van der Waals surface area contributed by atoms with Gasteiger partial charge in [0, 0.05) is 13.3 Å². The lowest BCUT2D eigenvalue weighted by Crippen LogP contribution is -2.27. The van der Waals surface area contributed by atoms with Crippen LogP contribution in [0.25, 0.3) is 0 Å². The topological polar surface area (TPSA) is 93.1 Å². The highest BCUT2D eigenvalue weighted by molar-refractivity contribution is 5.69. The van der Waals surface area contributed by atoms with E-state index in [1.54, 1.807) is 0 Å². The number of rotatable bonds is 18. The van der Waals surface area contributed by atoms with Gasteiger partial charge < -0.3 is 19.7 Å². The van der Waals surface area contributed by atoms with Gasteiger partial charge in [0.25, 0.3) is 0 Å². The van der Waals surface area contributed by atoms with Gasteiger partial charge in [0.1, 0.15) is 6.61 Å². The molecule has 0 heterocycles. The number of aliphatic hydroxyl groups is 2. The normalized spacial score (nSPS) is 14.1. The van der Waals surface area contributed by atoms with Crippen LogP contribution in [0.3, 0.4) is 0 Å². The third-order valence-electron chi connectivity index (χ3n) is 4.28.